The van der Waals surface area contributed by atoms with Gasteiger partial charge in [0.1, 0.15) is 5.52 Å². The molecule has 1 aromatic heterocycles. The largest absolute Gasteiger partial charge is 0.349 e. The zero-order valence-electron chi connectivity index (χ0n) is 17.5. The highest BCUT2D eigenvalue weighted by atomic mass is 16.2. The summed E-state index contributed by atoms with van der Waals surface area (Å²) < 4.78 is 1.27. The number of nitrogens with one attached hydrogen (secondary N) is 1. The van der Waals surface area contributed by atoms with Crippen molar-refractivity contribution < 1.29 is 4.79 Å². The Morgan fingerprint density at radius 1 is 1.13 bits per heavy atom. The van der Waals surface area contributed by atoms with Gasteiger partial charge in [0.15, 0.2) is 0 Å². The number of nitrogens with zero attached hydrogens (tertiary/aromatic N) is 3. The number of amides is 1. The predicted octanol–water partition coefficient (Wildman–Crippen LogP) is 3.65. The molecule has 0 aliphatic heterocycles. The summed E-state index contributed by atoms with van der Waals surface area (Å²) in [7, 11) is 0. The normalized spacial score (nSPS) is 14.8. The second-order valence-electron chi connectivity index (χ2n) is 8.61. The third-order valence-electron chi connectivity index (χ3n) is 5.57. The van der Waals surface area contributed by atoms with Crippen LogP contribution >= 0.6 is 0 Å². The molecule has 1 aliphatic carbocycles. The van der Waals surface area contributed by atoms with E-state index in [0.29, 0.717) is 22.7 Å². The Labute approximate surface area is 176 Å². The van der Waals surface area contributed by atoms with E-state index in [1.807, 2.05) is 6.07 Å². The molecule has 1 heterocycles. The Kier molecular flexibility index (Phi) is 5.93. The number of fused-ring (bicyclic) bond motifs is 1. The van der Waals surface area contributed by atoms with Crippen molar-refractivity contribution in [1.29, 1.82) is 0 Å². The van der Waals surface area contributed by atoms with Gasteiger partial charge in [-0.15, -0.1) is 5.10 Å². The molecular formula is C24H28N4O2. The van der Waals surface area contributed by atoms with Crippen LogP contribution in [0.4, 0.5) is 0 Å². The van der Waals surface area contributed by atoms with Crippen LogP contribution in [0.5, 0.6) is 0 Å². The maximum Gasteiger partial charge on any atom is 0.277 e. The highest BCUT2D eigenvalue weighted by Crippen LogP contribution is 2.41. The van der Waals surface area contributed by atoms with Gasteiger partial charge >= 0.3 is 0 Å². The van der Waals surface area contributed by atoms with Gasteiger partial charge in [0.25, 0.3) is 5.56 Å². The van der Waals surface area contributed by atoms with E-state index in [4.69, 9.17) is 0 Å². The zero-order chi connectivity index (χ0) is 21.1. The number of carbonyl (C=O) groups is 1. The van der Waals surface area contributed by atoms with Crippen LogP contribution in [-0.2, 0) is 17.8 Å². The predicted molar refractivity (Wildman–Crippen MR) is 117 cm³/mol. The lowest BCUT2D eigenvalue weighted by atomic mass is 9.97. The first-order chi connectivity index (χ1) is 14.5. The Morgan fingerprint density at radius 3 is 2.57 bits per heavy atom. The molecule has 4 rings (SSSR count). The summed E-state index contributed by atoms with van der Waals surface area (Å²) in [6, 6.07) is 15.8. The van der Waals surface area contributed by atoms with E-state index in [-0.39, 0.29) is 30.5 Å². The van der Waals surface area contributed by atoms with Crippen LogP contribution in [0.2, 0.25) is 0 Å². The van der Waals surface area contributed by atoms with Crippen LogP contribution in [0.1, 0.15) is 50.3 Å². The summed E-state index contributed by atoms with van der Waals surface area (Å²) in [5, 5.41) is 11.7. The molecule has 1 amide bonds. The quantitative estimate of drug-likeness (QED) is 0.622. The molecule has 0 spiro atoms. The number of benzene rings is 2. The molecule has 2 aromatic carbocycles. The van der Waals surface area contributed by atoms with Gasteiger partial charge in [-0.05, 0) is 54.4 Å². The first-order valence-corrected chi connectivity index (χ1v) is 10.7. The van der Waals surface area contributed by atoms with Gasteiger partial charge in [0, 0.05) is 6.42 Å². The van der Waals surface area contributed by atoms with Gasteiger partial charge < -0.3 is 5.32 Å². The van der Waals surface area contributed by atoms with Gasteiger partial charge in [0.05, 0.1) is 18.0 Å². The minimum absolute atomic E-state index is 0.0324. The lowest BCUT2D eigenvalue weighted by Gasteiger charge is -2.19. The average Bonchev–Trinajstić information content (AvgIpc) is 3.57. The number of rotatable bonds is 8. The van der Waals surface area contributed by atoms with E-state index < -0.39 is 0 Å². The molecule has 1 N–H and O–H groups in total. The second-order valence-corrected chi connectivity index (χ2v) is 8.61. The van der Waals surface area contributed by atoms with Gasteiger partial charge in [-0.3, -0.25) is 9.59 Å². The first-order valence-electron chi connectivity index (χ1n) is 10.7. The average molecular weight is 405 g/mol. The van der Waals surface area contributed by atoms with E-state index >= 15 is 0 Å². The van der Waals surface area contributed by atoms with Crippen LogP contribution in [0.25, 0.3) is 10.9 Å². The molecule has 1 aliphatic rings. The van der Waals surface area contributed by atoms with Crippen molar-refractivity contribution in [2.24, 2.45) is 11.8 Å². The molecule has 1 saturated carbocycles. The maximum absolute atomic E-state index is 12.6. The smallest absolute Gasteiger partial charge is 0.277 e. The van der Waals surface area contributed by atoms with Crippen LogP contribution in [0.15, 0.2) is 53.3 Å². The molecule has 1 atom stereocenters. The van der Waals surface area contributed by atoms with Crippen molar-refractivity contribution in [3.63, 3.8) is 0 Å². The molecule has 156 valence electrons. The topological polar surface area (TPSA) is 76.9 Å². The number of hydrogen-bond acceptors (Lipinski definition) is 4. The monoisotopic (exact) mass is 404 g/mol. The van der Waals surface area contributed by atoms with Crippen molar-refractivity contribution >= 4 is 16.8 Å². The fourth-order valence-corrected chi connectivity index (χ4v) is 3.86. The van der Waals surface area contributed by atoms with Crippen molar-refractivity contribution in [2.75, 3.05) is 0 Å². The zero-order valence-corrected chi connectivity index (χ0v) is 17.5. The van der Waals surface area contributed by atoms with Crippen LogP contribution in [-0.4, -0.2) is 20.9 Å². The van der Waals surface area contributed by atoms with Gasteiger partial charge in [-0.1, -0.05) is 55.5 Å². The van der Waals surface area contributed by atoms with Crippen LogP contribution < -0.4 is 10.9 Å². The summed E-state index contributed by atoms with van der Waals surface area (Å²) in [4.78, 5) is 25.2. The molecule has 1 fully saturated rings. The van der Waals surface area contributed by atoms with Gasteiger partial charge in [-0.2, -0.15) is 0 Å². The Bertz CT molecular complexity index is 1080. The number of carbonyl (C=O) groups excluding carboxylic acids is 1. The van der Waals surface area contributed by atoms with Crippen molar-refractivity contribution in [2.45, 2.75) is 52.1 Å². The Balaban J connectivity index is 1.41. The van der Waals surface area contributed by atoms with Crippen molar-refractivity contribution in [3.05, 3.63) is 70.0 Å². The van der Waals surface area contributed by atoms with Crippen LogP contribution in [0, 0.1) is 11.8 Å². The molecule has 6 heteroatoms. The number of hydrogen-bond donors (Lipinski definition) is 1. The van der Waals surface area contributed by atoms with E-state index in [2.05, 4.69) is 53.7 Å². The fraction of sp³-hybridized carbons (Fsp3) is 0.417. The highest BCUT2D eigenvalue weighted by molar-refractivity contribution is 5.77. The summed E-state index contributed by atoms with van der Waals surface area (Å²) in [5.74, 6) is 1.05. The van der Waals surface area contributed by atoms with Crippen molar-refractivity contribution in [3.8, 4) is 0 Å². The molecule has 3 aromatic rings. The van der Waals surface area contributed by atoms with E-state index in [0.717, 1.165) is 24.8 Å². The molecular weight excluding hydrogens is 376 g/mol. The lowest BCUT2D eigenvalue weighted by molar-refractivity contribution is -0.122. The molecule has 1 unspecified atom stereocenters. The molecule has 6 nitrogen and oxygen atoms in total. The molecule has 0 bridgehead atoms. The van der Waals surface area contributed by atoms with Gasteiger partial charge in [0.2, 0.25) is 5.91 Å². The highest BCUT2D eigenvalue weighted by Gasteiger charge is 2.33. The van der Waals surface area contributed by atoms with Gasteiger partial charge in [-0.25, -0.2) is 4.68 Å². The standard InChI is InChI=1S/C24H28N4O2/c1-16(2)15-17-7-9-18(10-8-17)23(19-11-12-19)25-22(29)13-14-28-24(30)20-5-3-4-6-21(20)26-27-28/h3-10,16,19,23H,11-15H2,1-2H3,(H,25,29). The summed E-state index contributed by atoms with van der Waals surface area (Å²) in [5.41, 5.74) is 2.83. The summed E-state index contributed by atoms with van der Waals surface area (Å²) >= 11 is 0. The minimum atomic E-state index is -0.215. The summed E-state index contributed by atoms with van der Waals surface area (Å²) in [6.07, 6.45) is 3.52. The lowest BCUT2D eigenvalue weighted by Crippen LogP contribution is -2.32. The SMILES string of the molecule is CC(C)Cc1ccc(C(NC(=O)CCn2nnc3ccccc3c2=O)C2CC2)cc1. The fourth-order valence-electron chi connectivity index (χ4n) is 3.86. The maximum atomic E-state index is 12.6. The molecule has 0 radical (unpaired) electrons. The summed E-state index contributed by atoms with van der Waals surface area (Å²) in [6.45, 7) is 4.64. The first kappa shape index (κ1) is 20.3. The third-order valence-corrected chi connectivity index (χ3v) is 5.57. The van der Waals surface area contributed by atoms with E-state index in [1.54, 1.807) is 18.2 Å². The van der Waals surface area contributed by atoms with E-state index in [1.165, 1.54) is 10.2 Å². The number of aryl methyl sites for hydroxylation is 1. The van der Waals surface area contributed by atoms with Crippen molar-refractivity contribution in [1.82, 2.24) is 20.3 Å². The third kappa shape index (κ3) is 4.75. The molecule has 30 heavy (non-hydrogen) atoms. The van der Waals surface area contributed by atoms with E-state index in [9.17, 15) is 9.59 Å². The second kappa shape index (κ2) is 8.78. The Morgan fingerprint density at radius 2 is 1.87 bits per heavy atom. The Hall–Kier alpha value is -3.02. The van der Waals surface area contributed by atoms with Crippen LogP contribution in [0.3, 0.4) is 0 Å². The molecule has 0 saturated heterocycles. The minimum Gasteiger partial charge on any atom is -0.349 e. The number of aromatic nitrogens is 3.